The second-order valence-electron chi connectivity index (χ2n) is 5.95. The molecule has 0 aliphatic carbocycles. The fourth-order valence-corrected chi connectivity index (χ4v) is 4.23. The zero-order chi connectivity index (χ0) is 19.7. The predicted molar refractivity (Wildman–Crippen MR) is 108 cm³/mol. The minimum Gasteiger partial charge on any atom is -0.497 e. The van der Waals surface area contributed by atoms with E-state index in [0.29, 0.717) is 16.5 Å². The standard InChI is InChI=1S/C18H15N5O3S2/c1-10-9-27-18-19-8-13(16(25)23(10)18)15(24)20-17-22-21-14(28-17)7-11-3-5-12(26-2)6-4-11/h3-6,8-9H,7H2,1-2H3,(H,20,22,24). The number of hydrogen-bond donors (Lipinski definition) is 1. The number of rotatable bonds is 5. The molecule has 1 N–H and O–H groups in total. The molecule has 8 nitrogen and oxygen atoms in total. The second kappa shape index (κ2) is 7.49. The molecule has 1 aromatic carbocycles. The van der Waals surface area contributed by atoms with E-state index in [4.69, 9.17) is 4.74 Å². The molecule has 0 saturated heterocycles. The smallest absolute Gasteiger partial charge is 0.271 e. The number of aromatic nitrogens is 4. The van der Waals surface area contributed by atoms with Crippen molar-refractivity contribution in [1.82, 2.24) is 19.6 Å². The highest BCUT2D eigenvalue weighted by Crippen LogP contribution is 2.20. The first kappa shape index (κ1) is 18.3. The van der Waals surface area contributed by atoms with Crippen molar-refractivity contribution in [2.75, 3.05) is 12.4 Å². The van der Waals surface area contributed by atoms with Crippen LogP contribution in [0.1, 0.15) is 26.6 Å². The molecule has 10 heteroatoms. The molecule has 0 saturated carbocycles. The average Bonchev–Trinajstić information content (AvgIpc) is 3.29. The van der Waals surface area contributed by atoms with Gasteiger partial charge in [0.15, 0.2) is 4.96 Å². The first-order valence-corrected chi connectivity index (χ1v) is 9.97. The summed E-state index contributed by atoms with van der Waals surface area (Å²) in [6.07, 6.45) is 1.88. The van der Waals surface area contributed by atoms with Crippen LogP contribution in [0, 0.1) is 6.92 Å². The van der Waals surface area contributed by atoms with Crippen LogP contribution in [0.4, 0.5) is 5.13 Å². The molecule has 28 heavy (non-hydrogen) atoms. The van der Waals surface area contributed by atoms with Crippen LogP contribution in [-0.2, 0) is 6.42 Å². The van der Waals surface area contributed by atoms with Gasteiger partial charge in [-0.25, -0.2) is 4.98 Å². The highest BCUT2D eigenvalue weighted by atomic mass is 32.1. The topological polar surface area (TPSA) is 98.5 Å². The summed E-state index contributed by atoms with van der Waals surface area (Å²) in [4.78, 5) is 29.8. The van der Waals surface area contributed by atoms with Crippen LogP contribution in [0.25, 0.3) is 4.96 Å². The fraction of sp³-hybridized carbons (Fsp3) is 0.167. The van der Waals surface area contributed by atoms with E-state index in [2.05, 4.69) is 20.5 Å². The molecule has 0 aliphatic heterocycles. The summed E-state index contributed by atoms with van der Waals surface area (Å²) in [5.41, 5.74) is 1.36. The molecular weight excluding hydrogens is 398 g/mol. The number of carbonyl (C=O) groups is 1. The lowest BCUT2D eigenvalue weighted by molar-refractivity contribution is 0.102. The van der Waals surface area contributed by atoms with Crippen molar-refractivity contribution in [3.05, 3.63) is 68.0 Å². The highest BCUT2D eigenvalue weighted by Gasteiger charge is 2.17. The first-order chi connectivity index (χ1) is 13.5. The Morgan fingerprint density at radius 1 is 1.25 bits per heavy atom. The van der Waals surface area contributed by atoms with E-state index >= 15 is 0 Å². The maximum Gasteiger partial charge on any atom is 0.271 e. The highest BCUT2D eigenvalue weighted by molar-refractivity contribution is 7.15. The molecule has 4 aromatic rings. The maximum atomic E-state index is 12.6. The number of benzene rings is 1. The molecule has 0 fully saturated rings. The van der Waals surface area contributed by atoms with Crippen LogP contribution in [0.3, 0.4) is 0 Å². The van der Waals surface area contributed by atoms with Gasteiger partial charge < -0.3 is 4.74 Å². The van der Waals surface area contributed by atoms with Gasteiger partial charge >= 0.3 is 0 Å². The normalized spacial score (nSPS) is 10.9. The van der Waals surface area contributed by atoms with Crippen LogP contribution >= 0.6 is 22.7 Å². The van der Waals surface area contributed by atoms with Crippen molar-refractivity contribution < 1.29 is 9.53 Å². The number of anilines is 1. The second-order valence-corrected chi connectivity index (χ2v) is 7.85. The Morgan fingerprint density at radius 2 is 2.04 bits per heavy atom. The Morgan fingerprint density at radius 3 is 2.79 bits per heavy atom. The van der Waals surface area contributed by atoms with Gasteiger partial charge in [0.05, 0.1) is 7.11 Å². The number of ether oxygens (including phenoxy) is 1. The number of nitrogens with one attached hydrogen (secondary N) is 1. The van der Waals surface area contributed by atoms with Gasteiger partial charge in [-0.2, -0.15) is 0 Å². The Balaban J connectivity index is 1.50. The third kappa shape index (κ3) is 3.51. The van der Waals surface area contributed by atoms with Crippen LogP contribution < -0.4 is 15.6 Å². The summed E-state index contributed by atoms with van der Waals surface area (Å²) in [6, 6.07) is 7.65. The number of nitrogens with zero attached hydrogens (tertiary/aromatic N) is 4. The Bertz CT molecular complexity index is 1210. The van der Waals surface area contributed by atoms with E-state index in [1.165, 1.54) is 33.3 Å². The van der Waals surface area contributed by atoms with Gasteiger partial charge in [0.2, 0.25) is 5.13 Å². The molecular formula is C18H15N5O3S2. The van der Waals surface area contributed by atoms with E-state index in [0.717, 1.165) is 22.0 Å². The lowest BCUT2D eigenvalue weighted by atomic mass is 10.1. The van der Waals surface area contributed by atoms with Crippen molar-refractivity contribution in [1.29, 1.82) is 0 Å². The lowest BCUT2D eigenvalue weighted by Crippen LogP contribution is -2.26. The molecule has 142 valence electrons. The third-order valence-corrected chi connectivity index (χ3v) is 5.86. The number of methoxy groups -OCH3 is 1. The van der Waals surface area contributed by atoms with Crippen molar-refractivity contribution in [2.45, 2.75) is 13.3 Å². The molecule has 3 aromatic heterocycles. The monoisotopic (exact) mass is 413 g/mol. The van der Waals surface area contributed by atoms with Crippen molar-refractivity contribution in [3.63, 3.8) is 0 Å². The van der Waals surface area contributed by atoms with E-state index in [-0.39, 0.29) is 5.56 Å². The summed E-state index contributed by atoms with van der Waals surface area (Å²) in [5.74, 6) is 0.233. The molecule has 0 radical (unpaired) electrons. The molecule has 0 atom stereocenters. The van der Waals surface area contributed by atoms with Gasteiger partial charge in [-0.05, 0) is 24.6 Å². The zero-order valence-electron chi connectivity index (χ0n) is 15.0. The van der Waals surface area contributed by atoms with Crippen molar-refractivity contribution >= 4 is 38.7 Å². The molecule has 0 bridgehead atoms. The largest absolute Gasteiger partial charge is 0.497 e. The molecule has 3 heterocycles. The minimum atomic E-state index is -0.551. The first-order valence-electron chi connectivity index (χ1n) is 8.27. The van der Waals surface area contributed by atoms with Crippen LogP contribution in [0.15, 0.2) is 40.6 Å². The Labute approximate surface area is 167 Å². The molecule has 0 spiro atoms. The van der Waals surface area contributed by atoms with E-state index in [9.17, 15) is 9.59 Å². The molecule has 4 rings (SSSR count). The number of hydrogen-bond acceptors (Lipinski definition) is 8. The number of amides is 1. The molecule has 0 unspecified atom stereocenters. The van der Waals surface area contributed by atoms with Gasteiger partial charge in [0.1, 0.15) is 16.3 Å². The summed E-state index contributed by atoms with van der Waals surface area (Å²) in [6.45, 7) is 1.80. The number of carbonyl (C=O) groups excluding carboxylic acids is 1. The van der Waals surface area contributed by atoms with Crippen LogP contribution in [0.5, 0.6) is 5.75 Å². The zero-order valence-corrected chi connectivity index (χ0v) is 16.6. The SMILES string of the molecule is COc1ccc(Cc2nnc(NC(=O)c3cnc4scc(C)n4c3=O)s2)cc1. The van der Waals surface area contributed by atoms with E-state index in [1.807, 2.05) is 29.6 Å². The number of fused-ring (bicyclic) bond motifs is 1. The van der Waals surface area contributed by atoms with E-state index in [1.54, 1.807) is 14.0 Å². The van der Waals surface area contributed by atoms with Crippen molar-refractivity contribution in [2.24, 2.45) is 0 Å². The molecule has 1 amide bonds. The van der Waals surface area contributed by atoms with Gasteiger partial charge in [0.25, 0.3) is 11.5 Å². The lowest BCUT2D eigenvalue weighted by Gasteiger charge is -2.02. The van der Waals surface area contributed by atoms with Crippen LogP contribution in [-0.4, -0.2) is 32.6 Å². The minimum absolute atomic E-state index is 0.0362. The summed E-state index contributed by atoms with van der Waals surface area (Å²) < 4.78 is 6.57. The van der Waals surface area contributed by atoms with Crippen LogP contribution in [0.2, 0.25) is 0 Å². The fourth-order valence-electron chi connectivity index (χ4n) is 2.64. The van der Waals surface area contributed by atoms with E-state index < -0.39 is 11.5 Å². The summed E-state index contributed by atoms with van der Waals surface area (Å²) in [7, 11) is 1.62. The average molecular weight is 413 g/mol. The quantitative estimate of drug-likeness (QED) is 0.540. The summed E-state index contributed by atoms with van der Waals surface area (Å²) >= 11 is 2.61. The Hall–Kier alpha value is -3.11. The summed E-state index contributed by atoms with van der Waals surface area (Å²) in [5, 5.41) is 13.6. The molecule has 0 aliphatic rings. The van der Waals surface area contributed by atoms with Gasteiger partial charge in [-0.1, -0.05) is 23.5 Å². The third-order valence-electron chi connectivity index (χ3n) is 4.06. The number of aryl methyl sites for hydroxylation is 1. The van der Waals surface area contributed by atoms with Gasteiger partial charge in [-0.15, -0.1) is 21.5 Å². The number of thiazole rings is 1. The van der Waals surface area contributed by atoms with Crippen molar-refractivity contribution in [3.8, 4) is 5.75 Å². The maximum absolute atomic E-state index is 12.6. The van der Waals surface area contributed by atoms with Gasteiger partial charge in [0, 0.05) is 23.7 Å². The predicted octanol–water partition coefficient (Wildman–Crippen LogP) is 2.77. The Kier molecular flexibility index (Phi) is 4.88. The van der Waals surface area contributed by atoms with Gasteiger partial charge in [-0.3, -0.25) is 19.3 Å².